The van der Waals surface area contributed by atoms with Crippen LogP contribution in [0.1, 0.15) is 40.0 Å². The Labute approximate surface area is 109 Å². The highest BCUT2D eigenvalue weighted by molar-refractivity contribution is 7.86. The lowest BCUT2D eigenvalue weighted by atomic mass is 10.1. The van der Waals surface area contributed by atoms with E-state index in [1.807, 2.05) is 6.92 Å². The molecule has 18 heavy (non-hydrogen) atoms. The van der Waals surface area contributed by atoms with Crippen LogP contribution in [0.25, 0.3) is 0 Å². The summed E-state index contributed by atoms with van der Waals surface area (Å²) in [6, 6.07) is -0.418. The van der Waals surface area contributed by atoms with Gasteiger partial charge in [0.1, 0.15) is 6.54 Å². The molecular formula is C11H22N2O4S. The van der Waals surface area contributed by atoms with Crippen molar-refractivity contribution in [3.05, 3.63) is 0 Å². The Morgan fingerprint density at radius 2 is 2.06 bits per heavy atom. The maximum Gasteiger partial charge on any atom is 0.318 e. The molecular weight excluding hydrogens is 256 g/mol. The molecule has 6 nitrogen and oxygen atoms in total. The highest BCUT2D eigenvalue weighted by Crippen LogP contribution is 2.23. The number of hydrogen-bond donors (Lipinski definition) is 1. The molecule has 1 fully saturated rings. The first-order valence-electron chi connectivity index (χ1n) is 6.27. The van der Waals surface area contributed by atoms with Gasteiger partial charge < -0.3 is 5.11 Å². The van der Waals surface area contributed by atoms with Gasteiger partial charge in [-0.3, -0.25) is 4.79 Å². The Morgan fingerprint density at radius 1 is 1.44 bits per heavy atom. The number of carbonyl (C=O) groups is 1. The van der Waals surface area contributed by atoms with Gasteiger partial charge in [0.15, 0.2) is 0 Å². The van der Waals surface area contributed by atoms with E-state index in [4.69, 9.17) is 5.11 Å². The number of carboxylic acids is 1. The largest absolute Gasteiger partial charge is 0.480 e. The highest BCUT2D eigenvalue weighted by Gasteiger charge is 2.36. The molecule has 0 aliphatic carbocycles. The lowest BCUT2D eigenvalue weighted by Crippen LogP contribution is -2.52. The van der Waals surface area contributed by atoms with E-state index in [9.17, 15) is 13.2 Å². The molecule has 7 heteroatoms. The van der Waals surface area contributed by atoms with Gasteiger partial charge in [0.25, 0.3) is 10.2 Å². The number of hydrogen-bond acceptors (Lipinski definition) is 3. The van der Waals surface area contributed by atoms with Crippen LogP contribution in [-0.4, -0.2) is 53.3 Å². The maximum absolute atomic E-state index is 12.5. The van der Waals surface area contributed by atoms with Gasteiger partial charge in [-0.1, -0.05) is 6.42 Å². The summed E-state index contributed by atoms with van der Waals surface area (Å²) in [4.78, 5) is 10.8. The average Bonchev–Trinajstić information content (AvgIpc) is 2.25. The molecule has 1 aliphatic heterocycles. The fourth-order valence-corrected chi connectivity index (χ4v) is 4.21. The second-order valence-corrected chi connectivity index (χ2v) is 6.83. The number of carboxylic acid groups (broad SMARTS) is 1. The van der Waals surface area contributed by atoms with Crippen LogP contribution < -0.4 is 0 Å². The number of nitrogens with zero attached hydrogens (tertiary/aromatic N) is 2. The van der Waals surface area contributed by atoms with E-state index in [1.54, 1.807) is 13.8 Å². The van der Waals surface area contributed by atoms with Crippen LogP contribution in [0.4, 0.5) is 0 Å². The molecule has 0 bridgehead atoms. The quantitative estimate of drug-likeness (QED) is 0.810. The van der Waals surface area contributed by atoms with Gasteiger partial charge in [0.05, 0.1) is 0 Å². The van der Waals surface area contributed by atoms with E-state index in [0.29, 0.717) is 6.54 Å². The van der Waals surface area contributed by atoms with Crippen LogP contribution in [0, 0.1) is 0 Å². The summed E-state index contributed by atoms with van der Waals surface area (Å²) < 4.78 is 27.4. The van der Waals surface area contributed by atoms with E-state index >= 15 is 0 Å². The van der Waals surface area contributed by atoms with Crippen LogP contribution >= 0.6 is 0 Å². The van der Waals surface area contributed by atoms with Crippen LogP contribution in [0.15, 0.2) is 0 Å². The molecule has 0 aromatic rings. The number of aliphatic carboxylic acids is 1. The molecule has 0 radical (unpaired) electrons. The Hall–Kier alpha value is -0.660. The van der Waals surface area contributed by atoms with Crippen LogP contribution in [0.2, 0.25) is 0 Å². The van der Waals surface area contributed by atoms with Crippen molar-refractivity contribution in [1.82, 2.24) is 8.61 Å². The molecule has 0 aromatic carbocycles. The molecule has 0 amide bonds. The minimum absolute atomic E-state index is 0.0567. The SMILES string of the molecule is CC(C)N(CC(=O)O)S(=O)(=O)N1CCCCC1C. The summed E-state index contributed by atoms with van der Waals surface area (Å²) in [5, 5.41) is 8.84. The standard InChI is InChI=1S/C11H22N2O4S/c1-9(2)13(8-11(14)15)18(16,17)12-7-5-4-6-10(12)3/h9-10H,4-8H2,1-3H3,(H,14,15). The first-order chi connectivity index (χ1) is 8.26. The van der Waals surface area contributed by atoms with E-state index in [0.717, 1.165) is 23.6 Å². The summed E-state index contributed by atoms with van der Waals surface area (Å²) in [6.07, 6.45) is 2.69. The summed E-state index contributed by atoms with van der Waals surface area (Å²) in [5.41, 5.74) is 0. The first kappa shape index (κ1) is 15.4. The average molecular weight is 278 g/mol. The summed E-state index contributed by atoms with van der Waals surface area (Å²) in [5.74, 6) is -1.13. The molecule has 1 N–H and O–H groups in total. The van der Waals surface area contributed by atoms with Crippen molar-refractivity contribution >= 4 is 16.2 Å². The third-order valence-corrected chi connectivity index (χ3v) is 5.48. The fourth-order valence-electron chi connectivity index (χ4n) is 2.21. The second-order valence-electron chi connectivity index (χ2n) is 5.00. The Bertz CT molecular complexity index is 394. The molecule has 0 spiro atoms. The van der Waals surface area contributed by atoms with Gasteiger partial charge in [0.2, 0.25) is 0 Å². The number of rotatable bonds is 5. The van der Waals surface area contributed by atoms with Crippen molar-refractivity contribution in [2.75, 3.05) is 13.1 Å². The number of piperidine rings is 1. The lowest BCUT2D eigenvalue weighted by molar-refractivity contribution is -0.137. The zero-order chi connectivity index (χ0) is 13.9. The zero-order valence-electron chi connectivity index (χ0n) is 11.2. The second kappa shape index (κ2) is 5.99. The van der Waals surface area contributed by atoms with Crippen LogP contribution in [0.5, 0.6) is 0 Å². The van der Waals surface area contributed by atoms with Crippen molar-refractivity contribution in [3.63, 3.8) is 0 Å². The molecule has 106 valence electrons. The maximum atomic E-state index is 12.5. The van der Waals surface area contributed by atoms with Crippen LogP contribution in [0.3, 0.4) is 0 Å². The molecule has 1 saturated heterocycles. The lowest BCUT2D eigenvalue weighted by Gasteiger charge is -2.37. The smallest absolute Gasteiger partial charge is 0.318 e. The van der Waals surface area contributed by atoms with Gasteiger partial charge in [-0.15, -0.1) is 0 Å². The van der Waals surface area contributed by atoms with E-state index in [-0.39, 0.29) is 12.1 Å². The summed E-state index contributed by atoms with van der Waals surface area (Å²) in [6.45, 7) is 5.25. The predicted octanol–water partition coefficient (Wildman–Crippen LogP) is 0.901. The third kappa shape index (κ3) is 3.43. The predicted molar refractivity (Wildman–Crippen MR) is 68.4 cm³/mol. The summed E-state index contributed by atoms with van der Waals surface area (Å²) >= 11 is 0. The third-order valence-electron chi connectivity index (χ3n) is 3.20. The van der Waals surface area contributed by atoms with E-state index in [2.05, 4.69) is 0 Å². The van der Waals surface area contributed by atoms with Crippen molar-refractivity contribution in [1.29, 1.82) is 0 Å². The molecule has 1 aliphatic rings. The van der Waals surface area contributed by atoms with Crippen molar-refractivity contribution in [2.45, 2.75) is 52.1 Å². The monoisotopic (exact) mass is 278 g/mol. The zero-order valence-corrected chi connectivity index (χ0v) is 12.0. The van der Waals surface area contributed by atoms with Gasteiger partial charge in [-0.05, 0) is 33.6 Å². The van der Waals surface area contributed by atoms with Gasteiger partial charge in [-0.2, -0.15) is 17.0 Å². The molecule has 1 heterocycles. The molecule has 1 atom stereocenters. The minimum Gasteiger partial charge on any atom is -0.480 e. The molecule has 1 rings (SSSR count). The van der Waals surface area contributed by atoms with Crippen molar-refractivity contribution in [3.8, 4) is 0 Å². The first-order valence-corrected chi connectivity index (χ1v) is 7.67. The van der Waals surface area contributed by atoms with Gasteiger partial charge in [0, 0.05) is 18.6 Å². The normalized spacial score (nSPS) is 22.6. The Kier molecular flexibility index (Phi) is 5.12. The van der Waals surface area contributed by atoms with Gasteiger partial charge in [-0.25, -0.2) is 0 Å². The molecule has 0 saturated carbocycles. The Balaban J connectivity index is 2.96. The fraction of sp³-hybridized carbons (Fsp3) is 0.909. The van der Waals surface area contributed by atoms with Crippen molar-refractivity contribution < 1.29 is 18.3 Å². The highest BCUT2D eigenvalue weighted by atomic mass is 32.2. The molecule has 0 aromatic heterocycles. The van der Waals surface area contributed by atoms with Crippen molar-refractivity contribution in [2.24, 2.45) is 0 Å². The Morgan fingerprint density at radius 3 is 2.50 bits per heavy atom. The van der Waals surface area contributed by atoms with Crippen LogP contribution in [-0.2, 0) is 15.0 Å². The van der Waals surface area contributed by atoms with E-state index < -0.39 is 22.7 Å². The van der Waals surface area contributed by atoms with Gasteiger partial charge >= 0.3 is 5.97 Å². The molecule has 1 unspecified atom stereocenters. The topological polar surface area (TPSA) is 77.9 Å². The summed E-state index contributed by atoms with van der Waals surface area (Å²) in [7, 11) is -3.68. The van der Waals surface area contributed by atoms with E-state index in [1.165, 1.54) is 4.31 Å². The minimum atomic E-state index is -3.68.